The molecule has 3 rings (SSSR count). The molecule has 0 saturated heterocycles. The molecule has 0 saturated carbocycles. The number of nitrogens with one attached hydrogen (secondary N) is 1. The van der Waals surface area contributed by atoms with Crippen LogP contribution in [0.3, 0.4) is 0 Å². The standard InChI is InChI=1S/C19H17BrN4O/c1-13-10-15(8-9-17(13)20)23-19-21-11-14(12-22-19)18(25)24(2)16-6-4-3-5-7-16/h3-12H,1-2H3,(H,21,22,23). The number of carbonyl (C=O) groups is 1. The Morgan fingerprint density at radius 2 is 1.76 bits per heavy atom. The Morgan fingerprint density at radius 3 is 2.40 bits per heavy atom. The van der Waals surface area contributed by atoms with E-state index in [0.717, 1.165) is 21.4 Å². The van der Waals surface area contributed by atoms with E-state index in [9.17, 15) is 4.79 Å². The van der Waals surface area contributed by atoms with Crippen molar-refractivity contribution in [2.75, 3.05) is 17.3 Å². The van der Waals surface area contributed by atoms with Gasteiger partial charge in [0, 0.05) is 35.3 Å². The fourth-order valence-electron chi connectivity index (χ4n) is 2.32. The first-order chi connectivity index (χ1) is 12.0. The molecule has 0 aliphatic carbocycles. The Bertz CT molecular complexity index is 882. The normalized spacial score (nSPS) is 10.4. The maximum atomic E-state index is 12.5. The number of amides is 1. The second-order valence-electron chi connectivity index (χ2n) is 5.58. The van der Waals surface area contributed by atoms with Crippen LogP contribution in [-0.4, -0.2) is 22.9 Å². The van der Waals surface area contributed by atoms with Crippen molar-refractivity contribution in [1.29, 1.82) is 0 Å². The molecule has 0 aliphatic heterocycles. The molecule has 1 heterocycles. The summed E-state index contributed by atoms with van der Waals surface area (Å²) in [6.45, 7) is 2.01. The Balaban J connectivity index is 1.73. The molecule has 1 aromatic heterocycles. The zero-order valence-electron chi connectivity index (χ0n) is 13.9. The Kier molecular flexibility index (Phi) is 5.09. The van der Waals surface area contributed by atoms with Crippen molar-refractivity contribution >= 4 is 39.2 Å². The summed E-state index contributed by atoms with van der Waals surface area (Å²) in [4.78, 5) is 22.6. The lowest BCUT2D eigenvalue weighted by Gasteiger charge is -2.17. The van der Waals surface area contributed by atoms with Crippen LogP contribution in [0.1, 0.15) is 15.9 Å². The summed E-state index contributed by atoms with van der Waals surface area (Å²) in [6, 6.07) is 15.3. The summed E-state index contributed by atoms with van der Waals surface area (Å²) < 4.78 is 1.05. The molecule has 3 aromatic rings. The molecule has 25 heavy (non-hydrogen) atoms. The smallest absolute Gasteiger partial charge is 0.261 e. The first-order valence-corrected chi connectivity index (χ1v) is 8.52. The number of hydrogen-bond acceptors (Lipinski definition) is 4. The molecular formula is C19H17BrN4O. The zero-order chi connectivity index (χ0) is 17.8. The van der Waals surface area contributed by atoms with Gasteiger partial charge in [-0.1, -0.05) is 34.1 Å². The second-order valence-corrected chi connectivity index (χ2v) is 6.44. The molecule has 5 nitrogen and oxygen atoms in total. The van der Waals surface area contributed by atoms with Gasteiger partial charge in [-0.25, -0.2) is 9.97 Å². The Labute approximate surface area is 154 Å². The first kappa shape index (κ1) is 17.1. The number of nitrogens with zero attached hydrogens (tertiary/aromatic N) is 3. The summed E-state index contributed by atoms with van der Waals surface area (Å²) in [7, 11) is 1.73. The van der Waals surface area contributed by atoms with Crippen LogP contribution in [0.15, 0.2) is 65.4 Å². The second kappa shape index (κ2) is 7.44. The number of halogens is 1. The van der Waals surface area contributed by atoms with Crippen LogP contribution in [0.5, 0.6) is 0 Å². The van der Waals surface area contributed by atoms with E-state index in [-0.39, 0.29) is 5.91 Å². The lowest BCUT2D eigenvalue weighted by molar-refractivity contribution is 0.0992. The van der Waals surface area contributed by atoms with Crippen LogP contribution in [0.4, 0.5) is 17.3 Å². The van der Waals surface area contributed by atoms with E-state index < -0.39 is 0 Å². The van der Waals surface area contributed by atoms with Gasteiger partial charge < -0.3 is 10.2 Å². The van der Waals surface area contributed by atoms with E-state index in [1.54, 1.807) is 11.9 Å². The van der Waals surface area contributed by atoms with Crippen molar-refractivity contribution in [2.45, 2.75) is 6.92 Å². The summed E-state index contributed by atoms with van der Waals surface area (Å²) in [5, 5.41) is 3.13. The molecule has 0 fully saturated rings. The van der Waals surface area contributed by atoms with Gasteiger partial charge in [0.1, 0.15) is 0 Å². The lowest BCUT2D eigenvalue weighted by atomic mass is 10.2. The number of aromatic nitrogens is 2. The summed E-state index contributed by atoms with van der Waals surface area (Å²) in [5.74, 6) is 0.290. The molecule has 1 N–H and O–H groups in total. The minimum absolute atomic E-state index is 0.155. The van der Waals surface area contributed by atoms with Crippen molar-refractivity contribution in [3.8, 4) is 0 Å². The number of hydrogen-bond donors (Lipinski definition) is 1. The molecule has 0 atom stereocenters. The van der Waals surface area contributed by atoms with E-state index in [1.165, 1.54) is 12.4 Å². The topological polar surface area (TPSA) is 58.1 Å². The van der Waals surface area contributed by atoms with Crippen molar-refractivity contribution in [3.05, 3.63) is 76.5 Å². The molecular weight excluding hydrogens is 380 g/mol. The largest absolute Gasteiger partial charge is 0.324 e. The van der Waals surface area contributed by atoms with Crippen LogP contribution in [0.25, 0.3) is 0 Å². The third kappa shape index (κ3) is 4.03. The Morgan fingerprint density at radius 1 is 1.08 bits per heavy atom. The van der Waals surface area contributed by atoms with Crippen LogP contribution < -0.4 is 10.2 Å². The Hall–Kier alpha value is -2.73. The highest BCUT2D eigenvalue weighted by atomic mass is 79.9. The van der Waals surface area contributed by atoms with Gasteiger partial charge >= 0.3 is 0 Å². The van der Waals surface area contributed by atoms with Gasteiger partial charge in [0.15, 0.2) is 0 Å². The van der Waals surface area contributed by atoms with Crippen LogP contribution >= 0.6 is 15.9 Å². The molecule has 1 amide bonds. The highest BCUT2D eigenvalue weighted by Crippen LogP contribution is 2.22. The zero-order valence-corrected chi connectivity index (χ0v) is 15.5. The number of benzene rings is 2. The molecule has 6 heteroatoms. The molecule has 0 aliphatic rings. The van der Waals surface area contributed by atoms with Crippen molar-refractivity contribution in [1.82, 2.24) is 9.97 Å². The van der Waals surface area contributed by atoms with E-state index in [0.29, 0.717) is 11.5 Å². The molecule has 2 aromatic carbocycles. The minimum atomic E-state index is -0.155. The van der Waals surface area contributed by atoms with Crippen molar-refractivity contribution < 1.29 is 4.79 Å². The average molecular weight is 397 g/mol. The van der Waals surface area contributed by atoms with Gasteiger partial charge in [-0.3, -0.25) is 4.79 Å². The molecule has 0 spiro atoms. The summed E-state index contributed by atoms with van der Waals surface area (Å²) >= 11 is 3.47. The monoisotopic (exact) mass is 396 g/mol. The third-order valence-electron chi connectivity index (χ3n) is 3.76. The maximum Gasteiger partial charge on any atom is 0.261 e. The van der Waals surface area contributed by atoms with Gasteiger partial charge in [0.05, 0.1) is 5.56 Å². The number of rotatable bonds is 4. The van der Waals surface area contributed by atoms with Gasteiger partial charge in [-0.2, -0.15) is 0 Å². The molecule has 0 unspecified atom stereocenters. The van der Waals surface area contributed by atoms with Gasteiger partial charge in [0.25, 0.3) is 5.91 Å². The quantitative estimate of drug-likeness (QED) is 0.701. The fourth-order valence-corrected chi connectivity index (χ4v) is 2.56. The fraction of sp³-hybridized carbons (Fsp3) is 0.105. The summed E-state index contributed by atoms with van der Waals surface area (Å²) in [6.07, 6.45) is 3.06. The third-order valence-corrected chi connectivity index (χ3v) is 4.65. The predicted molar refractivity (Wildman–Crippen MR) is 103 cm³/mol. The maximum absolute atomic E-state index is 12.5. The van der Waals surface area contributed by atoms with E-state index in [1.807, 2.05) is 55.5 Å². The number of anilines is 3. The van der Waals surface area contributed by atoms with Crippen molar-refractivity contribution in [2.24, 2.45) is 0 Å². The van der Waals surface area contributed by atoms with Crippen LogP contribution in [-0.2, 0) is 0 Å². The van der Waals surface area contributed by atoms with E-state index in [2.05, 4.69) is 31.2 Å². The van der Waals surface area contributed by atoms with Gasteiger partial charge in [-0.15, -0.1) is 0 Å². The lowest BCUT2D eigenvalue weighted by Crippen LogP contribution is -2.26. The first-order valence-electron chi connectivity index (χ1n) is 7.73. The van der Waals surface area contributed by atoms with Crippen LogP contribution in [0, 0.1) is 6.92 Å². The van der Waals surface area contributed by atoms with Gasteiger partial charge in [-0.05, 0) is 42.8 Å². The number of carbonyl (C=O) groups excluding carboxylic acids is 1. The predicted octanol–water partition coefficient (Wildman–Crippen LogP) is 4.57. The molecule has 0 bridgehead atoms. The van der Waals surface area contributed by atoms with Gasteiger partial charge in [0.2, 0.25) is 5.95 Å². The average Bonchev–Trinajstić information content (AvgIpc) is 2.65. The van der Waals surface area contributed by atoms with Crippen LogP contribution in [0.2, 0.25) is 0 Å². The summed E-state index contributed by atoms with van der Waals surface area (Å²) in [5.41, 5.74) is 3.26. The number of aryl methyl sites for hydroxylation is 1. The highest BCUT2D eigenvalue weighted by molar-refractivity contribution is 9.10. The van der Waals surface area contributed by atoms with Crippen molar-refractivity contribution in [3.63, 3.8) is 0 Å². The molecule has 126 valence electrons. The molecule has 0 radical (unpaired) electrons. The SMILES string of the molecule is Cc1cc(Nc2ncc(C(=O)N(C)c3ccccc3)cn2)ccc1Br. The highest BCUT2D eigenvalue weighted by Gasteiger charge is 2.14. The van der Waals surface area contributed by atoms with E-state index >= 15 is 0 Å². The minimum Gasteiger partial charge on any atom is -0.324 e. The number of para-hydroxylation sites is 1. The van der Waals surface area contributed by atoms with E-state index in [4.69, 9.17) is 0 Å².